The molecule has 0 heterocycles. The summed E-state index contributed by atoms with van der Waals surface area (Å²) in [6, 6.07) is 11.1. The van der Waals surface area contributed by atoms with Crippen molar-refractivity contribution >= 4 is 17.3 Å². The predicted octanol–water partition coefficient (Wildman–Crippen LogP) is 2.06. The first-order chi connectivity index (χ1) is 11.4. The molecule has 2 aromatic carbocycles. The molecule has 128 valence electrons. The summed E-state index contributed by atoms with van der Waals surface area (Å²) in [5, 5.41) is 45.0. The zero-order chi connectivity index (χ0) is 17.7. The lowest BCUT2D eigenvalue weighted by molar-refractivity contribution is 0.176. The lowest BCUT2D eigenvalue weighted by atomic mass is 10.1. The Hall–Kier alpha value is -2.51. The molecule has 0 aliphatic heterocycles. The molecule has 1 unspecified atom stereocenters. The van der Waals surface area contributed by atoms with Crippen molar-refractivity contribution < 1.29 is 20.4 Å². The topological polar surface area (TPSA) is 105 Å². The van der Waals surface area contributed by atoms with Crippen molar-refractivity contribution in [2.75, 3.05) is 6.54 Å². The number of benzene rings is 2. The van der Waals surface area contributed by atoms with E-state index in [1.165, 1.54) is 18.2 Å². The summed E-state index contributed by atoms with van der Waals surface area (Å²) in [4.78, 5) is 0. The third-order valence-corrected chi connectivity index (χ3v) is 3.84. The predicted molar refractivity (Wildman–Crippen MR) is 95.0 cm³/mol. The van der Waals surface area contributed by atoms with Crippen molar-refractivity contribution in [1.82, 2.24) is 10.6 Å². The summed E-state index contributed by atoms with van der Waals surface area (Å²) in [7, 11) is 0. The van der Waals surface area contributed by atoms with Crippen LogP contribution in [0.3, 0.4) is 0 Å². The third kappa shape index (κ3) is 4.50. The Balaban J connectivity index is 1.90. The minimum absolute atomic E-state index is 0.0651. The highest BCUT2D eigenvalue weighted by Crippen LogP contribution is 2.32. The van der Waals surface area contributed by atoms with Gasteiger partial charge in [-0.1, -0.05) is 24.3 Å². The molecule has 0 saturated heterocycles. The zero-order valence-electron chi connectivity index (χ0n) is 13.1. The normalized spacial score (nSPS) is 13.1. The van der Waals surface area contributed by atoms with E-state index in [4.69, 9.17) is 12.2 Å². The van der Waals surface area contributed by atoms with Crippen LogP contribution in [0.25, 0.3) is 0 Å². The van der Waals surface area contributed by atoms with Gasteiger partial charge >= 0.3 is 0 Å². The monoisotopic (exact) mass is 348 g/mol. The molecule has 0 saturated carbocycles. The number of para-hydroxylation sites is 1. The van der Waals surface area contributed by atoms with Crippen molar-refractivity contribution in [3.05, 3.63) is 53.6 Å². The highest BCUT2D eigenvalue weighted by atomic mass is 32.1. The first kappa shape index (κ1) is 17.8. The molecular weight excluding hydrogens is 328 g/mol. The van der Waals surface area contributed by atoms with Crippen LogP contribution in [-0.4, -0.2) is 32.1 Å². The molecule has 0 amide bonds. The van der Waals surface area contributed by atoms with Gasteiger partial charge in [-0.2, -0.15) is 0 Å². The maximum absolute atomic E-state index is 10.1. The molecule has 24 heavy (non-hydrogen) atoms. The van der Waals surface area contributed by atoms with E-state index in [0.29, 0.717) is 5.11 Å². The fourth-order valence-corrected chi connectivity index (χ4v) is 2.50. The summed E-state index contributed by atoms with van der Waals surface area (Å²) in [6.07, 6.45) is -1.03. The number of aromatic hydroxyl groups is 3. The van der Waals surface area contributed by atoms with Gasteiger partial charge in [0, 0.05) is 12.1 Å². The van der Waals surface area contributed by atoms with Gasteiger partial charge in [0.1, 0.15) is 5.75 Å². The van der Waals surface area contributed by atoms with Crippen LogP contribution in [0.1, 0.15) is 30.2 Å². The molecule has 0 aliphatic carbocycles. The maximum atomic E-state index is 10.1. The average Bonchev–Trinajstić information content (AvgIpc) is 2.55. The van der Waals surface area contributed by atoms with Crippen LogP contribution in [0.4, 0.5) is 0 Å². The van der Waals surface area contributed by atoms with Crippen molar-refractivity contribution in [1.29, 1.82) is 0 Å². The second kappa shape index (κ2) is 7.85. The smallest absolute Gasteiger partial charge is 0.166 e. The van der Waals surface area contributed by atoms with Crippen molar-refractivity contribution in [3.8, 4) is 17.2 Å². The number of nitrogens with one attached hydrogen (secondary N) is 2. The molecule has 2 atom stereocenters. The van der Waals surface area contributed by atoms with Gasteiger partial charge in [0.25, 0.3) is 0 Å². The van der Waals surface area contributed by atoms with Crippen LogP contribution in [0, 0.1) is 0 Å². The van der Waals surface area contributed by atoms with Crippen molar-refractivity contribution in [2.45, 2.75) is 19.1 Å². The summed E-state index contributed by atoms with van der Waals surface area (Å²) < 4.78 is 0. The number of aliphatic hydroxyl groups excluding tert-OH is 1. The van der Waals surface area contributed by atoms with E-state index in [2.05, 4.69) is 10.6 Å². The second-order valence-electron chi connectivity index (χ2n) is 5.40. The van der Waals surface area contributed by atoms with Gasteiger partial charge in [0.2, 0.25) is 0 Å². The van der Waals surface area contributed by atoms with Gasteiger partial charge in [0.15, 0.2) is 16.6 Å². The maximum Gasteiger partial charge on any atom is 0.166 e. The number of hydrogen-bond donors (Lipinski definition) is 6. The minimum atomic E-state index is -1.03. The Morgan fingerprint density at radius 1 is 1.12 bits per heavy atom. The van der Waals surface area contributed by atoms with E-state index in [-0.39, 0.29) is 35.4 Å². The van der Waals surface area contributed by atoms with Gasteiger partial charge in [-0.15, -0.1) is 0 Å². The van der Waals surface area contributed by atoms with Crippen molar-refractivity contribution in [2.24, 2.45) is 0 Å². The number of phenols is 3. The molecule has 0 aromatic heterocycles. The van der Waals surface area contributed by atoms with E-state index in [1.807, 2.05) is 13.0 Å². The third-order valence-electron chi connectivity index (χ3n) is 3.58. The van der Waals surface area contributed by atoms with E-state index < -0.39 is 6.10 Å². The van der Waals surface area contributed by atoms with Crippen LogP contribution in [0.15, 0.2) is 42.5 Å². The van der Waals surface area contributed by atoms with Gasteiger partial charge in [0.05, 0.1) is 12.1 Å². The Labute approximate surface area is 145 Å². The molecule has 2 rings (SSSR count). The van der Waals surface area contributed by atoms with E-state index in [0.717, 1.165) is 5.56 Å². The van der Waals surface area contributed by atoms with Gasteiger partial charge < -0.3 is 31.1 Å². The number of phenolic OH excluding ortho intramolecular Hbond substituents is 3. The number of aliphatic hydroxyl groups is 1. The van der Waals surface area contributed by atoms with E-state index in [9.17, 15) is 20.4 Å². The lowest BCUT2D eigenvalue weighted by Gasteiger charge is -2.19. The molecule has 0 fully saturated rings. The number of thiocarbonyl (C=S) groups is 1. The van der Waals surface area contributed by atoms with E-state index >= 15 is 0 Å². The SMILES string of the molecule is C[C@@H](NC(=S)NCC(O)c1cccc(O)c1O)c1cccc(O)c1. The zero-order valence-corrected chi connectivity index (χ0v) is 13.9. The molecule has 0 radical (unpaired) electrons. The van der Waals surface area contributed by atoms with Crippen LogP contribution >= 0.6 is 12.2 Å². The number of rotatable bonds is 5. The van der Waals surface area contributed by atoms with Gasteiger partial charge in [-0.05, 0) is 42.9 Å². The summed E-state index contributed by atoms with van der Waals surface area (Å²) >= 11 is 5.18. The highest BCUT2D eigenvalue weighted by Gasteiger charge is 2.15. The minimum Gasteiger partial charge on any atom is -0.508 e. The second-order valence-corrected chi connectivity index (χ2v) is 5.81. The Bertz CT molecular complexity index is 723. The quantitative estimate of drug-likeness (QED) is 0.363. The van der Waals surface area contributed by atoms with Crippen LogP contribution in [0.2, 0.25) is 0 Å². The molecule has 7 heteroatoms. The Morgan fingerprint density at radius 2 is 1.83 bits per heavy atom. The average molecular weight is 348 g/mol. The van der Waals surface area contributed by atoms with E-state index in [1.54, 1.807) is 18.2 Å². The first-order valence-electron chi connectivity index (χ1n) is 7.40. The number of hydrogen-bond acceptors (Lipinski definition) is 5. The Kier molecular flexibility index (Phi) is 5.83. The molecule has 6 N–H and O–H groups in total. The summed E-state index contributed by atoms with van der Waals surface area (Å²) in [6.45, 7) is 1.95. The summed E-state index contributed by atoms with van der Waals surface area (Å²) in [5.74, 6) is -0.460. The van der Waals surface area contributed by atoms with Gasteiger partial charge in [-0.25, -0.2) is 0 Å². The standard InChI is InChI=1S/C17H20N2O4S/c1-10(11-4-2-5-12(20)8-11)19-17(24)18-9-15(22)13-6-3-7-14(21)16(13)23/h2-8,10,15,20-23H,9H2,1H3,(H2,18,19,24)/t10-,15?/m1/s1. The van der Waals surface area contributed by atoms with Crippen molar-refractivity contribution in [3.63, 3.8) is 0 Å². The molecular formula is C17H20N2O4S. The molecule has 0 aliphatic rings. The first-order valence-corrected chi connectivity index (χ1v) is 7.81. The highest BCUT2D eigenvalue weighted by molar-refractivity contribution is 7.80. The molecule has 0 bridgehead atoms. The lowest BCUT2D eigenvalue weighted by Crippen LogP contribution is -2.38. The van der Waals surface area contributed by atoms with Crippen LogP contribution < -0.4 is 10.6 Å². The molecule has 2 aromatic rings. The Morgan fingerprint density at radius 3 is 2.54 bits per heavy atom. The fraction of sp³-hybridized carbons (Fsp3) is 0.235. The molecule has 0 spiro atoms. The van der Waals surface area contributed by atoms with Gasteiger partial charge in [-0.3, -0.25) is 0 Å². The molecule has 6 nitrogen and oxygen atoms in total. The summed E-state index contributed by atoms with van der Waals surface area (Å²) in [5.41, 5.74) is 1.08. The van der Waals surface area contributed by atoms with Crippen LogP contribution in [-0.2, 0) is 0 Å². The fourth-order valence-electron chi connectivity index (χ4n) is 2.24. The van der Waals surface area contributed by atoms with Crippen LogP contribution in [0.5, 0.6) is 17.2 Å². The largest absolute Gasteiger partial charge is 0.508 e.